The highest BCUT2D eigenvalue weighted by molar-refractivity contribution is 7.85. The van der Waals surface area contributed by atoms with E-state index in [0.717, 1.165) is 17.7 Å². The first-order valence-electron chi connectivity index (χ1n) is 6.72. The maximum Gasteiger partial charge on any atom is 0.0627 e. The molecule has 1 saturated carbocycles. The van der Waals surface area contributed by atoms with Crippen molar-refractivity contribution < 1.29 is 4.21 Å². The highest BCUT2D eigenvalue weighted by Crippen LogP contribution is 2.49. The SMILES string of the molecule is CC(C)(C)c1ccc(S(=O)CC2(CC#N)CC2)cc1. The molecule has 0 spiro atoms. The lowest BCUT2D eigenvalue weighted by Gasteiger charge is -2.19. The van der Waals surface area contributed by atoms with Gasteiger partial charge in [-0.05, 0) is 41.4 Å². The van der Waals surface area contributed by atoms with Gasteiger partial charge in [-0.3, -0.25) is 4.21 Å². The van der Waals surface area contributed by atoms with Gasteiger partial charge in [0.2, 0.25) is 0 Å². The molecule has 1 aliphatic carbocycles. The number of nitriles is 1. The lowest BCUT2D eigenvalue weighted by Crippen LogP contribution is -2.13. The Bertz CT molecular complexity index is 515. The molecule has 3 heteroatoms. The van der Waals surface area contributed by atoms with E-state index in [9.17, 15) is 4.21 Å². The van der Waals surface area contributed by atoms with E-state index in [4.69, 9.17) is 5.26 Å². The fraction of sp³-hybridized carbons (Fsp3) is 0.562. The second-order valence-corrected chi connectivity index (χ2v) is 8.05. The summed E-state index contributed by atoms with van der Waals surface area (Å²) in [5.41, 5.74) is 1.42. The van der Waals surface area contributed by atoms with Crippen LogP contribution < -0.4 is 0 Å². The summed E-state index contributed by atoms with van der Waals surface area (Å²) in [6, 6.07) is 10.3. The first-order valence-corrected chi connectivity index (χ1v) is 8.04. The lowest BCUT2D eigenvalue weighted by molar-refractivity contribution is 0.585. The van der Waals surface area contributed by atoms with Gasteiger partial charge >= 0.3 is 0 Å². The van der Waals surface area contributed by atoms with Gasteiger partial charge in [0, 0.05) is 17.1 Å². The Morgan fingerprint density at radius 1 is 1.26 bits per heavy atom. The fourth-order valence-corrected chi connectivity index (χ4v) is 3.74. The van der Waals surface area contributed by atoms with Crippen molar-refractivity contribution in [1.29, 1.82) is 5.26 Å². The van der Waals surface area contributed by atoms with Crippen LogP contribution in [0.3, 0.4) is 0 Å². The molecular formula is C16H21NOS. The Balaban J connectivity index is 2.07. The number of hydrogen-bond donors (Lipinski definition) is 0. The average molecular weight is 275 g/mol. The van der Waals surface area contributed by atoms with Gasteiger partial charge < -0.3 is 0 Å². The molecule has 1 unspecified atom stereocenters. The topological polar surface area (TPSA) is 40.9 Å². The molecule has 0 aliphatic heterocycles. The van der Waals surface area contributed by atoms with Gasteiger partial charge in [0.05, 0.1) is 16.9 Å². The Morgan fingerprint density at radius 2 is 1.84 bits per heavy atom. The first kappa shape index (κ1) is 14.3. The van der Waals surface area contributed by atoms with E-state index < -0.39 is 10.8 Å². The van der Waals surface area contributed by atoms with E-state index in [1.54, 1.807) is 0 Å². The van der Waals surface area contributed by atoms with Crippen molar-refractivity contribution >= 4 is 10.8 Å². The molecule has 0 N–H and O–H groups in total. The minimum absolute atomic E-state index is 0.0440. The molecule has 2 rings (SSSR count). The smallest absolute Gasteiger partial charge is 0.0627 e. The molecule has 1 fully saturated rings. The molecule has 19 heavy (non-hydrogen) atoms. The Morgan fingerprint density at radius 3 is 2.26 bits per heavy atom. The van der Waals surface area contributed by atoms with Gasteiger partial charge in [0.15, 0.2) is 0 Å². The fourth-order valence-electron chi connectivity index (χ4n) is 2.18. The summed E-state index contributed by atoms with van der Waals surface area (Å²) in [4.78, 5) is 0.886. The van der Waals surface area contributed by atoms with Gasteiger partial charge in [0.25, 0.3) is 0 Å². The van der Waals surface area contributed by atoms with Crippen LogP contribution >= 0.6 is 0 Å². The van der Waals surface area contributed by atoms with Crippen molar-refractivity contribution in [3.05, 3.63) is 29.8 Å². The summed E-state index contributed by atoms with van der Waals surface area (Å²) < 4.78 is 12.3. The molecule has 1 aromatic rings. The van der Waals surface area contributed by atoms with Crippen LogP contribution in [-0.2, 0) is 16.2 Å². The highest BCUT2D eigenvalue weighted by Gasteiger charge is 2.43. The maximum atomic E-state index is 12.3. The largest absolute Gasteiger partial charge is 0.254 e. The van der Waals surface area contributed by atoms with Gasteiger partial charge in [-0.1, -0.05) is 32.9 Å². The van der Waals surface area contributed by atoms with E-state index >= 15 is 0 Å². The predicted molar refractivity (Wildman–Crippen MR) is 78.3 cm³/mol. The summed E-state index contributed by atoms with van der Waals surface area (Å²) in [5, 5.41) is 8.80. The Kier molecular flexibility index (Phi) is 3.82. The molecule has 102 valence electrons. The van der Waals surface area contributed by atoms with Crippen molar-refractivity contribution in [3.8, 4) is 6.07 Å². The quantitative estimate of drug-likeness (QED) is 0.839. The van der Waals surface area contributed by atoms with E-state index in [0.29, 0.717) is 12.2 Å². The molecule has 1 atom stereocenters. The van der Waals surface area contributed by atoms with E-state index in [2.05, 4.69) is 39.0 Å². The zero-order valence-corrected chi connectivity index (χ0v) is 12.7. The Labute approximate surface area is 118 Å². The molecule has 0 amide bonds. The minimum atomic E-state index is -0.978. The molecular weight excluding hydrogens is 254 g/mol. The van der Waals surface area contributed by atoms with Crippen molar-refractivity contribution in [2.24, 2.45) is 5.41 Å². The number of rotatable bonds is 4. The second-order valence-electron chi connectivity index (χ2n) is 6.60. The first-order chi connectivity index (χ1) is 8.86. The molecule has 1 aliphatic rings. The van der Waals surface area contributed by atoms with Crippen LogP contribution in [0.15, 0.2) is 29.2 Å². The van der Waals surface area contributed by atoms with Gasteiger partial charge in [-0.25, -0.2) is 0 Å². The minimum Gasteiger partial charge on any atom is -0.254 e. The van der Waals surface area contributed by atoms with Crippen LogP contribution in [0.4, 0.5) is 0 Å². The van der Waals surface area contributed by atoms with Crippen molar-refractivity contribution in [3.63, 3.8) is 0 Å². The van der Waals surface area contributed by atoms with Gasteiger partial charge in [-0.15, -0.1) is 0 Å². The van der Waals surface area contributed by atoms with Crippen molar-refractivity contribution in [1.82, 2.24) is 0 Å². The third kappa shape index (κ3) is 3.45. The van der Waals surface area contributed by atoms with Crippen molar-refractivity contribution in [2.75, 3.05) is 5.75 Å². The average Bonchev–Trinajstić information content (AvgIpc) is 3.08. The number of benzene rings is 1. The van der Waals surface area contributed by atoms with E-state index in [1.165, 1.54) is 5.56 Å². The summed E-state index contributed by atoms with van der Waals surface area (Å²) in [5.74, 6) is 0.634. The van der Waals surface area contributed by atoms with Crippen LogP contribution in [0.25, 0.3) is 0 Å². The molecule has 0 saturated heterocycles. The summed E-state index contributed by atoms with van der Waals surface area (Å²) in [6.45, 7) is 6.52. The normalized spacial score (nSPS) is 18.6. The third-order valence-electron chi connectivity index (χ3n) is 3.83. The van der Waals surface area contributed by atoms with Crippen LogP contribution in [0.1, 0.15) is 45.6 Å². The number of hydrogen-bond acceptors (Lipinski definition) is 2. The summed E-state index contributed by atoms with van der Waals surface area (Å²) in [7, 11) is -0.978. The molecule has 0 aromatic heterocycles. The lowest BCUT2D eigenvalue weighted by atomic mass is 9.87. The highest BCUT2D eigenvalue weighted by atomic mass is 32.2. The summed E-state index contributed by atoms with van der Waals surface area (Å²) >= 11 is 0. The zero-order chi connectivity index (χ0) is 14.1. The number of nitrogens with zero attached hydrogens (tertiary/aromatic N) is 1. The standard InChI is InChI=1S/C16H21NOS/c1-15(2,3)13-4-6-14(7-5-13)19(18)12-16(8-9-16)10-11-17/h4-7H,8-10,12H2,1-3H3. The predicted octanol–water partition coefficient (Wildman–Crippen LogP) is 3.79. The molecule has 0 bridgehead atoms. The van der Waals surface area contributed by atoms with Gasteiger partial charge in [-0.2, -0.15) is 5.26 Å². The van der Waals surface area contributed by atoms with Crippen LogP contribution in [0, 0.1) is 16.7 Å². The molecule has 2 nitrogen and oxygen atoms in total. The maximum absolute atomic E-state index is 12.3. The summed E-state index contributed by atoms with van der Waals surface area (Å²) in [6.07, 6.45) is 2.64. The second kappa shape index (κ2) is 5.09. The van der Waals surface area contributed by atoms with Gasteiger partial charge in [0.1, 0.15) is 0 Å². The molecule has 1 aromatic carbocycles. The molecule has 0 radical (unpaired) electrons. The van der Waals surface area contributed by atoms with E-state index in [1.807, 2.05) is 12.1 Å². The van der Waals surface area contributed by atoms with E-state index in [-0.39, 0.29) is 10.8 Å². The van der Waals surface area contributed by atoms with Crippen LogP contribution in [-0.4, -0.2) is 9.96 Å². The molecule has 0 heterocycles. The Hall–Kier alpha value is -1.14. The third-order valence-corrected chi connectivity index (χ3v) is 5.50. The van der Waals surface area contributed by atoms with Crippen molar-refractivity contribution in [2.45, 2.75) is 50.3 Å². The monoisotopic (exact) mass is 275 g/mol. The zero-order valence-electron chi connectivity index (χ0n) is 11.9. The van der Waals surface area contributed by atoms with Crippen LogP contribution in [0.5, 0.6) is 0 Å². The van der Waals surface area contributed by atoms with Crippen LogP contribution in [0.2, 0.25) is 0 Å².